The highest BCUT2D eigenvalue weighted by Gasteiger charge is 2.21. The number of nitrogens with two attached hydrogens (primary N) is 1. The smallest absolute Gasteiger partial charge is 0.257 e. The number of nitrogens with zero attached hydrogens (tertiary/aromatic N) is 1. The van der Waals surface area contributed by atoms with Crippen molar-refractivity contribution >= 4 is 23.2 Å². The molecule has 0 fully saturated rings. The van der Waals surface area contributed by atoms with Gasteiger partial charge in [-0.1, -0.05) is 23.7 Å². The number of anilines is 1. The predicted molar refractivity (Wildman–Crippen MR) is 82.8 cm³/mol. The van der Waals surface area contributed by atoms with Crippen LogP contribution in [0, 0.1) is 5.82 Å². The molecule has 1 amide bonds. The fraction of sp³-hybridized carbons (Fsp3) is 0.188. The van der Waals surface area contributed by atoms with Crippen molar-refractivity contribution in [3.63, 3.8) is 0 Å². The van der Waals surface area contributed by atoms with Crippen LogP contribution in [0.4, 0.5) is 10.1 Å². The Bertz CT molecular complexity index is 675. The molecule has 2 aromatic rings. The van der Waals surface area contributed by atoms with Gasteiger partial charge in [0.25, 0.3) is 5.91 Å². The molecule has 0 saturated carbocycles. The maximum atomic E-state index is 13.8. The van der Waals surface area contributed by atoms with Gasteiger partial charge >= 0.3 is 0 Å². The van der Waals surface area contributed by atoms with Gasteiger partial charge in [0, 0.05) is 17.8 Å². The maximum Gasteiger partial charge on any atom is 0.257 e. The van der Waals surface area contributed by atoms with E-state index in [0.717, 1.165) is 11.6 Å². The third kappa shape index (κ3) is 3.34. The molecule has 2 aromatic carbocycles. The summed E-state index contributed by atoms with van der Waals surface area (Å²) < 4.78 is 13.8. The lowest BCUT2D eigenvalue weighted by atomic mass is 10.1. The van der Waals surface area contributed by atoms with Gasteiger partial charge in [0.2, 0.25) is 0 Å². The Hall–Kier alpha value is -2.07. The monoisotopic (exact) mass is 306 g/mol. The molecular weight excluding hydrogens is 291 g/mol. The molecule has 0 aliphatic heterocycles. The van der Waals surface area contributed by atoms with Gasteiger partial charge in [-0.25, -0.2) is 4.39 Å². The predicted octanol–water partition coefficient (Wildman–Crippen LogP) is 3.89. The molecule has 1 atom stereocenters. The second-order valence-electron chi connectivity index (χ2n) is 4.89. The van der Waals surface area contributed by atoms with E-state index in [0.29, 0.717) is 5.02 Å². The first kappa shape index (κ1) is 15.3. The summed E-state index contributed by atoms with van der Waals surface area (Å²) >= 11 is 5.96. The van der Waals surface area contributed by atoms with Crippen LogP contribution in [0.2, 0.25) is 5.02 Å². The number of benzene rings is 2. The first-order valence-corrected chi connectivity index (χ1v) is 6.85. The summed E-state index contributed by atoms with van der Waals surface area (Å²) in [6.07, 6.45) is 0. The molecule has 0 heterocycles. The van der Waals surface area contributed by atoms with Crippen molar-refractivity contribution in [3.8, 4) is 0 Å². The van der Waals surface area contributed by atoms with Crippen LogP contribution in [0.5, 0.6) is 0 Å². The van der Waals surface area contributed by atoms with Crippen molar-refractivity contribution in [3.05, 3.63) is 64.4 Å². The third-order valence-corrected chi connectivity index (χ3v) is 3.69. The first-order valence-electron chi connectivity index (χ1n) is 6.48. The van der Waals surface area contributed by atoms with Crippen molar-refractivity contribution < 1.29 is 9.18 Å². The molecule has 0 aliphatic carbocycles. The van der Waals surface area contributed by atoms with Crippen LogP contribution < -0.4 is 5.73 Å². The summed E-state index contributed by atoms with van der Waals surface area (Å²) in [6, 6.07) is 11.1. The maximum absolute atomic E-state index is 13.8. The molecule has 0 aliphatic rings. The van der Waals surface area contributed by atoms with Gasteiger partial charge in [-0.2, -0.15) is 0 Å². The minimum atomic E-state index is -0.620. The number of hydrogen-bond donors (Lipinski definition) is 1. The van der Waals surface area contributed by atoms with E-state index in [-0.39, 0.29) is 17.3 Å². The van der Waals surface area contributed by atoms with E-state index < -0.39 is 11.7 Å². The van der Waals surface area contributed by atoms with E-state index >= 15 is 0 Å². The van der Waals surface area contributed by atoms with E-state index in [1.54, 1.807) is 19.2 Å². The summed E-state index contributed by atoms with van der Waals surface area (Å²) in [7, 11) is 1.63. The number of halogens is 2. The number of carbonyl (C=O) groups excluding carboxylic acids is 1. The average molecular weight is 307 g/mol. The Labute approximate surface area is 128 Å². The number of rotatable bonds is 3. The lowest BCUT2D eigenvalue weighted by Gasteiger charge is -2.25. The Morgan fingerprint density at radius 3 is 2.62 bits per heavy atom. The molecule has 3 nitrogen and oxygen atoms in total. The summed E-state index contributed by atoms with van der Waals surface area (Å²) in [5, 5.41) is 0.596. The van der Waals surface area contributed by atoms with Crippen LogP contribution in [-0.4, -0.2) is 17.9 Å². The number of carbonyl (C=O) groups is 1. The fourth-order valence-corrected chi connectivity index (χ4v) is 2.26. The second-order valence-corrected chi connectivity index (χ2v) is 5.32. The van der Waals surface area contributed by atoms with Crippen molar-refractivity contribution in [2.75, 3.05) is 12.8 Å². The lowest BCUT2D eigenvalue weighted by molar-refractivity contribution is 0.0738. The molecule has 0 saturated heterocycles. The Morgan fingerprint density at radius 1 is 1.29 bits per heavy atom. The summed E-state index contributed by atoms with van der Waals surface area (Å²) in [5.74, 6) is -1.02. The molecule has 0 aromatic heterocycles. The Balaban J connectivity index is 2.26. The van der Waals surface area contributed by atoms with Crippen molar-refractivity contribution in [1.29, 1.82) is 0 Å². The molecule has 2 N–H and O–H groups in total. The number of hydrogen-bond acceptors (Lipinski definition) is 2. The van der Waals surface area contributed by atoms with Gasteiger partial charge in [0.05, 0.1) is 11.6 Å². The standard InChI is InChI=1S/C16H16ClFN2O/c1-10(11-4-3-5-12(17)8-11)20(2)16(21)14-7-6-13(19)9-15(14)18/h3-10H,19H2,1-2H3. The molecule has 110 valence electrons. The van der Waals surface area contributed by atoms with Gasteiger partial charge in [-0.15, -0.1) is 0 Å². The van der Waals surface area contributed by atoms with Gasteiger partial charge in [0.15, 0.2) is 0 Å². The van der Waals surface area contributed by atoms with Gasteiger partial charge in [-0.3, -0.25) is 4.79 Å². The number of nitrogen functional groups attached to an aromatic ring is 1. The van der Waals surface area contributed by atoms with Crippen LogP contribution >= 0.6 is 11.6 Å². The zero-order valence-corrected chi connectivity index (χ0v) is 12.6. The number of amides is 1. The normalized spacial score (nSPS) is 12.0. The topological polar surface area (TPSA) is 46.3 Å². The quantitative estimate of drug-likeness (QED) is 0.874. The molecule has 0 bridgehead atoms. The van der Waals surface area contributed by atoms with E-state index in [4.69, 9.17) is 17.3 Å². The highest BCUT2D eigenvalue weighted by atomic mass is 35.5. The van der Waals surface area contributed by atoms with Crippen LogP contribution in [0.1, 0.15) is 28.9 Å². The minimum Gasteiger partial charge on any atom is -0.399 e. The molecule has 1 unspecified atom stereocenters. The molecule has 0 radical (unpaired) electrons. The van der Waals surface area contributed by atoms with E-state index in [1.165, 1.54) is 17.0 Å². The van der Waals surface area contributed by atoms with Gasteiger partial charge in [-0.05, 0) is 42.8 Å². The summed E-state index contributed by atoms with van der Waals surface area (Å²) in [4.78, 5) is 13.9. The van der Waals surface area contributed by atoms with Crippen molar-refractivity contribution in [2.45, 2.75) is 13.0 Å². The van der Waals surface area contributed by atoms with Gasteiger partial charge < -0.3 is 10.6 Å². The Kier molecular flexibility index (Phi) is 4.48. The third-order valence-electron chi connectivity index (χ3n) is 3.46. The van der Waals surface area contributed by atoms with Gasteiger partial charge in [0.1, 0.15) is 5.82 Å². The van der Waals surface area contributed by atoms with Crippen LogP contribution in [0.25, 0.3) is 0 Å². The molecule has 2 rings (SSSR count). The second kappa shape index (κ2) is 6.14. The van der Waals surface area contributed by atoms with Crippen molar-refractivity contribution in [2.24, 2.45) is 0 Å². The SMILES string of the molecule is CC(c1cccc(Cl)c1)N(C)C(=O)c1ccc(N)cc1F. The van der Waals surface area contributed by atoms with E-state index in [1.807, 2.05) is 19.1 Å². The van der Waals surface area contributed by atoms with Crippen LogP contribution in [0.3, 0.4) is 0 Å². The molecular formula is C16H16ClFN2O. The molecule has 0 spiro atoms. The minimum absolute atomic E-state index is 0.000535. The molecule has 21 heavy (non-hydrogen) atoms. The van der Waals surface area contributed by atoms with Crippen molar-refractivity contribution in [1.82, 2.24) is 4.90 Å². The Morgan fingerprint density at radius 2 is 2.00 bits per heavy atom. The zero-order chi connectivity index (χ0) is 15.6. The highest BCUT2D eigenvalue weighted by molar-refractivity contribution is 6.30. The average Bonchev–Trinajstić information content (AvgIpc) is 2.45. The summed E-state index contributed by atoms with van der Waals surface area (Å²) in [5.41, 5.74) is 6.66. The lowest BCUT2D eigenvalue weighted by Crippen LogP contribution is -2.30. The zero-order valence-electron chi connectivity index (χ0n) is 11.8. The largest absolute Gasteiger partial charge is 0.399 e. The van der Waals surface area contributed by atoms with Crippen LogP contribution in [-0.2, 0) is 0 Å². The fourth-order valence-electron chi connectivity index (χ4n) is 2.06. The first-order chi connectivity index (χ1) is 9.90. The van der Waals surface area contributed by atoms with Crippen LogP contribution in [0.15, 0.2) is 42.5 Å². The molecule has 5 heteroatoms. The summed E-state index contributed by atoms with van der Waals surface area (Å²) in [6.45, 7) is 1.86. The highest BCUT2D eigenvalue weighted by Crippen LogP contribution is 2.24. The van der Waals surface area contributed by atoms with E-state index in [2.05, 4.69) is 0 Å². The van der Waals surface area contributed by atoms with E-state index in [9.17, 15) is 9.18 Å².